The molecule has 1 saturated heterocycles. The van der Waals surface area contributed by atoms with Crippen LogP contribution in [0, 0.1) is 12.3 Å². The summed E-state index contributed by atoms with van der Waals surface area (Å²) >= 11 is 19.4. The number of nitrogen functional groups attached to an aromatic ring is 1. The molecule has 4 aromatic rings. The Hall–Kier alpha value is -4.06. The first-order valence-corrected chi connectivity index (χ1v) is 22.8. The molecule has 312 valence electrons. The Morgan fingerprint density at radius 1 is 0.947 bits per heavy atom. The number of amides is 2. The lowest BCUT2D eigenvalue weighted by molar-refractivity contribution is -0.124. The van der Waals surface area contributed by atoms with Gasteiger partial charge in [-0.15, -0.1) is 0 Å². The van der Waals surface area contributed by atoms with E-state index in [-0.39, 0.29) is 58.5 Å². The first-order chi connectivity index (χ1) is 26.4. The number of hydrogen-bond donors (Lipinski definition) is 6. The van der Waals surface area contributed by atoms with E-state index in [0.717, 1.165) is 4.31 Å². The normalized spacial score (nSPS) is 14.5. The second kappa shape index (κ2) is 20.1. The fourth-order valence-electron chi connectivity index (χ4n) is 5.24. The number of aromatic nitrogens is 2. The zero-order valence-electron chi connectivity index (χ0n) is 30.6. The zero-order chi connectivity index (χ0) is 42.9. The standard InChI is InChI=1S/C31H32Cl3N7O5S.2CH4O3S/c1-18-27(34)40-15-3-6-24(29(40)39-18)46-17-21-22(32)11-12-25(26(21)33)47(44,45)41-16-2-5-23(41)31(43)38-14-4-13-37-30(42)20-9-7-19(8-10-20)28(35)36;2*1-5(2,3)4/h3,6-12,15,23H,2,4-5,13-14,16-17H2,1H3,(H3,35,36)(H,37,42)(H,38,43);2*1H3,(H,2,3,4)/t23-;;/m0../s1. The summed E-state index contributed by atoms with van der Waals surface area (Å²) in [5, 5.41) is 13.5. The fraction of sp³-hybridized carbons (Fsp3) is 0.333. The van der Waals surface area contributed by atoms with Crippen molar-refractivity contribution in [3.8, 4) is 5.75 Å². The predicted molar refractivity (Wildman–Crippen MR) is 215 cm³/mol. The van der Waals surface area contributed by atoms with E-state index in [1.807, 2.05) is 0 Å². The highest BCUT2D eigenvalue weighted by Gasteiger charge is 2.40. The van der Waals surface area contributed by atoms with E-state index in [1.165, 1.54) is 12.1 Å². The van der Waals surface area contributed by atoms with E-state index in [2.05, 4.69) is 15.6 Å². The third-order valence-electron chi connectivity index (χ3n) is 7.73. The van der Waals surface area contributed by atoms with Crippen LogP contribution in [0.5, 0.6) is 5.75 Å². The Bertz CT molecular complexity index is 2400. The van der Waals surface area contributed by atoms with Gasteiger partial charge in [0.2, 0.25) is 15.9 Å². The number of nitrogens with zero attached hydrogens (tertiary/aromatic N) is 3. The van der Waals surface area contributed by atoms with Gasteiger partial charge in [0.15, 0.2) is 11.4 Å². The number of rotatable bonds is 12. The van der Waals surface area contributed by atoms with E-state index in [4.69, 9.17) is 59.8 Å². The summed E-state index contributed by atoms with van der Waals surface area (Å²) < 4.78 is 88.2. The van der Waals surface area contributed by atoms with Crippen molar-refractivity contribution in [1.82, 2.24) is 24.3 Å². The Labute approximate surface area is 344 Å². The average Bonchev–Trinajstić information content (AvgIpc) is 3.72. The highest BCUT2D eigenvalue weighted by molar-refractivity contribution is 7.89. The summed E-state index contributed by atoms with van der Waals surface area (Å²) in [7, 11) is -11.5. The van der Waals surface area contributed by atoms with Crippen molar-refractivity contribution in [3.63, 3.8) is 0 Å². The van der Waals surface area contributed by atoms with Crippen LogP contribution >= 0.6 is 34.8 Å². The highest BCUT2D eigenvalue weighted by atomic mass is 35.5. The van der Waals surface area contributed by atoms with Gasteiger partial charge in [0, 0.05) is 47.5 Å². The number of hydrogen-bond acceptors (Lipinski definition) is 11. The molecule has 2 amide bonds. The molecule has 0 radical (unpaired) electrons. The van der Waals surface area contributed by atoms with Crippen LogP contribution < -0.4 is 21.1 Å². The van der Waals surface area contributed by atoms with Crippen LogP contribution in [0.1, 0.15) is 46.4 Å². The molecule has 0 unspecified atom stereocenters. The number of nitrogens with one attached hydrogen (secondary N) is 3. The Morgan fingerprint density at radius 2 is 1.53 bits per heavy atom. The molecular weight excluding hydrogens is 873 g/mol. The smallest absolute Gasteiger partial charge is 0.261 e. The second-order valence-electron chi connectivity index (χ2n) is 12.3. The summed E-state index contributed by atoms with van der Waals surface area (Å²) in [6.45, 7) is 2.28. The van der Waals surface area contributed by atoms with E-state index in [1.54, 1.807) is 53.9 Å². The number of ether oxygens (including phenoxy) is 1. The zero-order valence-corrected chi connectivity index (χ0v) is 35.3. The number of carbonyl (C=O) groups is 2. The Morgan fingerprint density at radius 3 is 2.12 bits per heavy atom. The van der Waals surface area contributed by atoms with Crippen molar-refractivity contribution in [1.29, 1.82) is 5.41 Å². The number of sulfonamides is 1. The number of carbonyl (C=O) groups excluding carboxylic acids is 2. The van der Waals surface area contributed by atoms with Crippen LogP contribution in [0.4, 0.5) is 0 Å². The number of pyridine rings is 1. The van der Waals surface area contributed by atoms with Gasteiger partial charge in [-0.2, -0.15) is 21.1 Å². The third-order valence-corrected chi connectivity index (χ3v) is 11.0. The van der Waals surface area contributed by atoms with Gasteiger partial charge in [-0.25, -0.2) is 13.4 Å². The summed E-state index contributed by atoms with van der Waals surface area (Å²) in [6, 6.07) is 11.6. The van der Waals surface area contributed by atoms with Crippen molar-refractivity contribution in [2.24, 2.45) is 5.73 Å². The van der Waals surface area contributed by atoms with Gasteiger partial charge in [0.05, 0.1) is 23.2 Å². The van der Waals surface area contributed by atoms with Crippen molar-refractivity contribution in [2.45, 2.75) is 43.7 Å². The van der Waals surface area contributed by atoms with Crippen LogP contribution in [-0.4, -0.2) is 104 Å². The molecule has 5 rings (SSSR count). The molecule has 57 heavy (non-hydrogen) atoms. The van der Waals surface area contributed by atoms with Crippen LogP contribution in [0.2, 0.25) is 15.2 Å². The molecular formula is C33H40Cl3N7O11S3. The summed E-state index contributed by atoms with van der Waals surface area (Å²) in [4.78, 5) is 29.7. The molecule has 0 spiro atoms. The van der Waals surface area contributed by atoms with Gasteiger partial charge < -0.3 is 21.1 Å². The van der Waals surface area contributed by atoms with Gasteiger partial charge >= 0.3 is 0 Å². The van der Waals surface area contributed by atoms with E-state index in [0.29, 0.717) is 65.1 Å². The van der Waals surface area contributed by atoms with Crippen molar-refractivity contribution in [3.05, 3.63) is 92.3 Å². The number of imidazole rings is 1. The quantitative estimate of drug-likeness (QED) is 0.0514. The average molecular weight is 913 g/mol. The van der Waals surface area contributed by atoms with Crippen LogP contribution in [0.15, 0.2) is 59.6 Å². The van der Waals surface area contributed by atoms with Gasteiger partial charge in [-0.3, -0.25) is 28.5 Å². The number of aryl methyl sites for hydroxylation is 1. The number of fused-ring (bicyclic) bond motifs is 1. The summed E-state index contributed by atoms with van der Waals surface area (Å²) in [5.41, 5.74) is 7.74. The topological polar surface area (TPSA) is 281 Å². The van der Waals surface area contributed by atoms with Gasteiger partial charge in [0.1, 0.15) is 28.5 Å². The molecule has 18 nitrogen and oxygen atoms in total. The van der Waals surface area contributed by atoms with Gasteiger partial charge in [0.25, 0.3) is 26.1 Å². The lowest BCUT2D eigenvalue weighted by Gasteiger charge is -2.24. The van der Waals surface area contributed by atoms with E-state index < -0.39 is 42.2 Å². The molecule has 2 aromatic carbocycles. The number of nitrogens with two attached hydrogens (primary N) is 1. The minimum Gasteiger partial charge on any atom is -0.485 e. The maximum atomic E-state index is 13.9. The van der Waals surface area contributed by atoms with E-state index in [9.17, 15) is 34.8 Å². The molecule has 0 bridgehead atoms. The number of halogens is 3. The van der Waals surface area contributed by atoms with Gasteiger partial charge in [-0.05, 0) is 62.6 Å². The molecule has 2 aromatic heterocycles. The van der Waals surface area contributed by atoms with E-state index >= 15 is 0 Å². The van der Waals surface area contributed by atoms with Crippen molar-refractivity contribution < 1.29 is 48.7 Å². The minimum atomic E-state index is -4.19. The molecule has 24 heteroatoms. The first-order valence-electron chi connectivity index (χ1n) is 16.5. The molecule has 1 aliphatic rings. The molecule has 0 saturated carbocycles. The molecule has 7 N–H and O–H groups in total. The first kappa shape index (κ1) is 47.3. The molecule has 0 aliphatic carbocycles. The number of amidine groups is 1. The lowest BCUT2D eigenvalue weighted by atomic mass is 10.1. The third kappa shape index (κ3) is 14.1. The summed E-state index contributed by atoms with van der Waals surface area (Å²) in [5.74, 6) is -0.425. The SMILES string of the molecule is CS(=O)(=O)O.CS(=O)(=O)O.Cc1nc2c(OCc3c(Cl)ccc(S(=O)(=O)N4CCC[C@H]4C(=O)NCCCNC(=O)c4ccc(C(=N)N)cc4)c3Cl)cccn2c1Cl. The monoisotopic (exact) mass is 911 g/mol. The van der Waals surface area contributed by atoms with Crippen molar-refractivity contribution >= 4 is 88.4 Å². The molecule has 1 fully saturated rings. The van der Waals surface area contributed by atoms with Crippen LogP contribution in [-0.2, 0) is 41.7 Å². The number of benzene rings is 2. The molecule has 1 atom stereocenters. The fourth-order valence-corrected chi connectivity index (χ4v) is 7.94. The van der Waals surface area contributed by atoms with Crippen LogP contribution in [0.25, 0.3) is 5.65 Å². The Balaban J connectivity index is 0.000000775. The Kier molecular flexibility index (Phi) is 16.7. The second-order valence-corrected chi connectivity index (χ2v) is 18.2. The maximum Gasteiger partial charge on any atom is 0.261 e. The molecule has 1 aliphatic heterocycles. The largest absolute Gasteiger partial charge is 0.485 e. The minimum absolute atomic E-state index is 0.0889. The maximum absolute atomic E-state index is 13.9. The van der Waals surface area contributed by atoms with Crippen molar-refractivity contribution in [2.75, 3.05) is 32.1 Å². The lowest BCUT2D eigenvalue weighted by Crippen LogP contribution is -2.46. The van der Waals surface area contributed by atoms with Gasteiger partial charge in [-0.1, -0.05) is 46.9 Å². The summed E-state index contributed by atoms with van der Waals surface area (Å²) in [6.07, 6.45) is 4.44. The molecule has 3 heterocycles. The predicted octanol–water partition coefficient (Wildman–Crippen LogP) is 3.56. The highest BCUT2D eigenvalue weighted by Crippen LogP contribution is 2.36. The van der Waals surface area contributed by atoms with Crippen LogP contribution in [0.3, 0.4) is 0 Å².